The molecule has 0 aliphatic heterocycles. The Kier molecular flexibility index (Phi) is 6.71. The van der Waals surface area contributed by atoms with Gasteiger partial charge in [0.15, 0.2) is 0 Å². The molecule has 0 atom stereocenters. The van der Waals surface area contributed by atoms with E-state index in [1.807, 2.05) is 13.8 Å². The highest BCUT2D eigenvalue weighted by Gasteiger charge is 2.13. The van der Waals surface area contributed by atoms with Crippen LogP contribution in [-0.2, 0) is 20.0 Å². The van der Waals surface area contributed by atoms with E-state index in [1.165, 1.54) is 24.3 Å². The maximum absolute atomic E-state index is 12.1. The van der Waals surface area contributed by atoms with Crippen molar-refractivity contribution in [1.29, 1.82) is 0 Å². The van der Waals surface area contributed by atoms with Crippen LogP contribution in [0.15, 0.2) is 70.5 Å². The molecule has 8 heteroatoms. The highest BCUT2D eigenvalue weighted by Crippen LogP contribution is 2.10. The maximum atomic E-state index is 12.1. The zero-order chi connectivity index (χ0) is 19.2. The van der Waals surface area contributed by atoms with Gasteiger partial charge in [-0.25, -0.2) is 26.3 Å². The van der Waals surface area contributed by atoms with Crippen molar-refractivity contribution in [2.45, 2.75) is 23.6 Å². The average molecular weight is 395 g/mol. The van der Waals surface area contributed by atoms with Gasteiger partial charge in [0.05, 0.1) is 9.79 Å². The van der Waals surface area contributed by atoms with E-state index in [0.717, 1.165) is 11.1 Å². The van der Waals surface area contributed by atoms with Gasteiger partial charge in [0.1, 0.15) is 0 Å². The highest BCUT2D eigenvalue weighted by atomic mass is 32.2. The first-order chi connectivity index (χ1) is 12.2. The number of rotatable bonds is 8. The summed E-state index contributed by atoms with van der Waals surface area (Å²) in [5.74, 6) is 0. The minimum Gasteiger partial charge on any atom is -0.207 e. The lowest BCUT2D eigenvalue weighted by Gasteiger charge is -2.06. The number of benzene rings is 2. The standard InChI is InChI=1S/C18H22N2O4S2/c1-15-5-9-17(10-6-15)25(21,22)19-13-3-4-14-20-26(23,24)18-11-7-16(2)8-12-18/h3-12,19-20H,13-14H2,1-2H3/b4-3+. The van der Waals surface area contributed by atoms with Crippen molar-refractivity contribution in [3.63, 3.8) is 0 Å². The summed E-state index contributed by atoms with van der Waals surface area (Å²) < 4.78 is 53.2. The summed E-state index contributed by atoms with van der Waals surface area (Å²) in [5, 5.41) is 0. The van der Waals surface area contributed by atoms with Crippen LogP contribution in [0.1, 0.15) is 11.1 Å². The molecule has 0 bridgehead atoms. The van der Waals surface area contributed by atoms with Crippen molar-refractivity contribution in [3.05, 3.63) is 71.8 Å². The third kappa shape index (κ3) is 5.77. The first-order valence-electron chi connectivity index (χ1n) is 7.98. The molecular weight excluding hydrogens is 372 g/mol. The van der Waals surface area contributed by atoms with Crippen LogP contribution in [0.5, 0.6) is 0 Å². The Morgan fingerprint density at radius 1 is 0.654 bits per heavy atom. The van der Waals surface area contributed by atoms with Gasteiger partial charge in [0.2, 0.25) is 20.0 Å². The fraction of sp³-hybridized carbons (Fsp3) is 0.222. The first-order valence-corrected chi connectivity index (χ1v) is 10.9. The largest absolute Gasteiger partial charge is 0.240 e. The van der Waals surface area contributed by atoms with Crippen LogP contribution in [0.25, 0.3) is 0 Å². The average Bonchev–Trinajstić information content (AvgIpc) is 2.58. The summed E-state index contributed by atoms with van der Waals surface area (Å²) in [4.78, 5) is 0.383. The van der Waals surface area contributed by atoms with E-state index < -0.39 is 20.0 Å². The van der Waals surface area contributed by atoms with Crippen molar-refractivity contribution >= 4 is 20.0 Å². The Morgan fingerprint density at radius 3 is 1.27 bits per heavy atom. The van der Waals surface area contributed by atoms with Crippen molar-refractivity contribution in [2.24, 2.45) is 0 Å². The van der Waals surface area contributed by atoms with E-state index in [0.29, 0.717) is 0 Å². The number of sulfonamides is 2. The number of aryl methyl sites for hydroxylation is 2. The normalized spacial score (nSPS) is 12.5. The van der Waals surface area contributed by atoms with Gasteiger partial charge in [-0.3, -0.25) is 0 Å². The lowest BCUT2D eigenvalue weighted by molar-refractivity contribution is 0.583. The SMILES string of the molecule is Cc1ccc(S(=O)(=O)NC/C=C/CNS(=O)(=O)c2ccc(C)cc2)cc1. The summed E-state index contributed by atoms with van der Waals surface area (Å²) in [7, 11) is -7.16. The molecule has 2 N–H and O–H groups in total. The van der Waals surface area contributed by atoms with Crippen LogP contribution in [-0.4, -0.2) is 29.9 Å². The molecule has 26 heavy (non-hydrogen) atoms. The predicted molar refractivity (Wildman–Crippen MR) is 102 cm³/mol. The van der Waals surface area contributed by atoms with E-state index in [-0.39, 0.29) is 22.9 Å². The van der Waals surface area contributed by atoms with Crippen LogP contribution >= 0.6 is 0 Å². The van der Waals surface area contributed by atoms with Crippen molar-refractivity contribution in [1.82, 2.24) is 9.44 Å². The minimum absolute atomic E-state index is 0.0719. The molecule has 0 aliphatic carbocycles. The summed E-state index contributed by atoms with van der Waals surface area (Å²) in [6.07, 6.45) is 3.12. The van der Waals surface area contributed by atoms with E-state index in [4.69, 9.17) is 0 Å². The van der Waals surface area contributed by atoms with E-state index in [9.17, 15) is 16.8 Å². The molecule has 0 spiro atoms. The fourth-order valence-corrected chi connectivity index (χ4v) is 4.04. The molecule has 0 aromatic heterocycles. The quantitative estimate of drug-likeness (QED) is 0.671. The molecule has 0 aliphatic rings. The zero-order valence-electron chi connectivity index (χ0n) is 14.6. The van der Waals surface area contributed by atoms with E-state index in [2.05, 4.69) is 9.44 Å². The Morgan fingerprint density at radius 2 is 0.962 bits per heavy atom. The lowest BCUT2D eigenvalue weighted by Crippen LogP contribution is -2.25. The summed E-state index contributed by atoms with van der Waals surface area (Å²) in [6.45, 7) is 3.90. The number of hydrogen-bond acceptors (Lipinski definition) is 4. The Bertz CT molecular complexity index is 881. The molecule has 0 heterocycles. The Balaban J connectivity index is 1.84. The van der Waals surface area contributed by atoms with Gasteiger partial charge in [-0.15, -0.1) is 0 Å². The Hall–Kier alpha value is -2.00. The van der Waals surface area contributed by atoms with Crippen LogP contribution < -0.4 is 9.44 Å². The van der Waals surface area contributed by atoms with E-state index >= 15 is 0 Å². The molecule has 6 nitrogen and oxygen atoms in total. The molecule has 140 valence electrons. The smallest absolute Gasteiger partial charge is 0.207 e. The molecule has 0 fully saturated rings. The third-order valence-electron chi connectivity index (χ3n) is 3.61. The second-order valence-electron chi connectivity index (χ2n) is 5.80. The fourth-order valence-electron chi connectivity index (χ4n) is 2.08. The molecule has 2 rings (SSSR count). The first kappa shape index (κ1) is 20.3. The molecule has 0 radical (unpaired) electrons. The maximum Gasteiger partial charge on any atom is 0.240 e. The number of nitrogens with one attached hydrogen (secondary N) is 2. The molecule has 0 unspecified atom stereocenters. The molecule has 0 saturated carbocycles. The second-order valence-corrected chi connectivity index (χ2v) is 9.34. The Labute approximate surface area is 155 Å². The van der Waals surface area contributed by atoms with Crippen molar-refractivity contribution in [3.8, 4) is 0 Å². The summed E-state index contributed by atoms with van der Waals surface area (Å²) in [5.41, 5.74) is 1.95. The van der Waals surface area contributed by atoms with Gasteiger partial charge in [-0.1, -0.05) is 47.5 Å². The second kappa shape index (κ2) is 8.59. The zero-order valence-corrected chi connectivity index (χ0v) is 16.3. The minimum atomic E-state index is -3.58. The molecule has 2 aromatic rings. The van der Waals surface area contributed by atoms with Crippen LogP contribution in [0.3, 0.4) is 0 Å². The van der Waals surface area contributed by atoms with Gasteiger partial charge in [-0.2, -0.15) is 0 Å². The molecular formula is C18H22N2O4S2. The van der Waals surface area contributed by atoms with Gasteiger partial charge in [0, 0.05) is 13.1 Å². The molecule has 2 aromatic carbocycles. The molecule has 0 amide bonds. The summed E-state index contributed by atoms with van der Waals surface area (Å²) >= 11 is 0. The van der Waals surface area contributed by atoms with Gasteiger partial charge >= 0.3 is 0 Å². The van der Waals surface area contributed by atoms with Crippen molar-refractivity contribution in [2.75, 3.05) is 13.1 Å². The van der Waals surface area contributed by atoms with Gasteiger partial charge < -0.3 is 0 Å². The predicted octanol–water partition coefficient (Wildman–Crippen LogP) is 2.12. The third-order valence-corrected chi connectivity index (χ3v) is 6.49. The van der Waals surface area contributed by atoms with E-state index in [1.54, 1.807) is 36.4 Å². The number of hydrogen-bond donors (Lipinski definition) is 2. The van der Waals surface area contributed by atoms with Crippen LogP contribution in [0.2, 0.25) is 0 Å². The van der Waals surface area contributed by atoms with Gasteiger partial charge in [0.25, 0.3) is 0 Å². The van der Waals surface area contributed by atoms with Crippen molar-refractivity contribution < 1.29 is 16.8 Å². The summed E-state index contributed by atoms with van der Waals surface area (Å²) in [6, 6.07) is 13.1. The molecule has 0 saturated heterocycles. The van der Waals surface area contributed by atoms with Crippen LogP contribution in [0, 0.1) is 13.8 Å². The highest BCUT2D eigenvalue weighted by molar-refractivity contribution is 7.89. The lowest BCUT2D eigenvalue weighted by atomic mass is 10.2. The topological polar surface area (TPSA) is 92.3 Å². The monoisotopic (exact) mass is 394 g/mol. The van der Waals surface area contributed by atoms with Gasteiger partial charge in [-0.05, 0) is 38.1 Å². The van der Waals surface area contributed by atoms with Crippen LogP contribution in [0.4, 0.5) is 0 Å².